The third-order valence-corrected chi connectivity index (χ3v) is 13.5. The summed E-state index contributed by atoms with van der Waals surface area (Å²) >= 11 is 0. The number of carbonyl (C=O) groups excluding carboxylic acids is 4. The van der Waals surface area contributed by atoms with E-state index in [-0.39, 0.29) is 34.1 Å². The van der Waals surface area contributed by atoms with Crippen molar-refractivity contribution in [2.24, 2.45) is 0 Å². The Kier molecular flexibility index (Phi) is 26.0. The molecule has 0 unspecified atom stereocenters. The van der Waals surface area contributed by atoms with Crippen LogP contribution in [0.1, 0.15) is 209 Å². The number of benzene rings is 6. The average Bonchev–Trinajstić information content (AvgIpc) is 3.44. The predicted octanol–water partition coefficient (Wildman–Crippen LogP) is 17.9. The van der Waals surface area contributed by atoms with Crippen molar-refractivity contribution >= 4 is 34.6 Å². The summed E-state index contributed by atoms with van der Waals surface area (Å²) in [5, 5.41) is 1.52. The first-order valence-corrected chi connectivity index (χ1v) is 28.4. The molecule has 0 spiro atoms. The second-order valence-corrected chi connectivity index (χ2v) is 19.8. The summed E-state index contributed by atoms with van der Waals surface area (Å²) < 4.78 is 34.7. The highest BCUT2D eigenvalue weighted by atomic mass is 16.6. The van der Waals surface area contributed by atoms with Crippen LogP contribution in [0.25, 0.3) is 10.8 Å². The largest absolute Gasteiger partial charge is 0.494 e. The van der Waals surface area contributed by atoms with E-state index >= 15 is 0 Å². The van der Waals surface area contributed by atoms with Gasteiger partial charge in [-0.1, -0.05) is 179 Å². The van der Waals surface area contributed by atoms with Gasteiger partial charge in [-0.2, -0.15) is 0 Å². The summed E-state index contributed by atoms with van der Waals surface area (Å²) in [4.78, 5) is 53.0. The van der Waals surface area contributed by atoms with Crippen molar-refractivity contribution in [2.45, 2.75) is 168 Å². The van der Waals surface area contributed by atoms with Crippen LogP contribution in [-0.2, 0) is 0 Å². The molecule has 0 bridgehead atoms. The zero-order valence-corrected chi connectivity index (χ0v) is 45.2. The molecule has 0 saturated heterocycles. The Bertz CT molecular complexity index is 2460. The molecule has 0 saturated carbocycles. The number of rotatable bonds is 36. The lowest BCUT2D eigenvalue weighted by Crippen LogP contribution is -2.13. The Hall–Kier alpha value is -6.94. The molecule has 0 aliphatic carbocycles. The van der Waals surface area contributed by atoms with Gasteiger partial charge < -0.3 is 28.4 Å². The molecule has 0 atom stereocenters. The van der Waals surface area contributed by atoms with E-state index in [1.807, 2.05) is 24.3 Å². The van der Waals surface area contributed by atoms with Gasteiger partial charge in [0.2, 0.25) is 0 Å². The first-order chi connectivity index (χ1) is 37.3. The van der Waals surface area contributed by atoms with Crippen molar-refractivity contribution in [2.75, 3.05) is 13.2 Å². The van der Waals surface area contributed by atoms with Gasteiger partial charge in [0.05, 0.1) is 35.5 Å². The Labute approximate surface area is 451 Å². The van der Waals surface area contributed by atoms with Crippen LogP contribution < -0.4 is 28.4 Å². The number of unbranched alkanes of at least 4 members (excludes halogenated alkanes) is 22. The number of fused-ring (bicyclic) bond motifs is 1. The molecule has 76 heavy (non-hydrogen) atoms. The summed E-state index contributed by atoms with van der Waals surface area (Å²) in [5.41, 5.74) is 1.08. The topological polar surface area (TPSA) is 124 Å². The van der Waals surface area contributed by atoms with Gasteiger partial charge in [0.15, 0.2) is 11.5 Å². The number of ether oxygens (including phenoxy) is 6. The van der Waals surface area contributed by atoms with Crippen LogP contribution in [0.4, 0.5) is 0 Å². The maximum absolute atomic E-state index is 13.5. The first kappa shape index (κ1) is 58.3. The van der Waals surface area contributed by atoms with Crippen LogP contribution in [0, 0.1) is 0 Å². The van der Waals surface area contributed by atoms with E-state index in [4.69, 9.17) is 28.4 Å². The van der Waals surface area contributed by atoms with E-state index in [0.717, 1.165) is 36.5 Å². The normalized spacial score (nSPS) is 11.0. The summed E-state index contributed by atoms with van der Waals surface area (Å²) in [6, 6.07) is 36.4. The van der Waals surface area contributed by atoms with Gasteiger partial charge in [0, 0.05) is 0 Å². The Morgan fingerprint density at radius 1 is 0.289 bits per heavy atom. The number of hydrogen-bond acceptors (Lipinski definition) is 10. The van der Waals surface area contributed by atoms with Crippen LogP contribution in [0.5, 0.6) is 34.5 Å². The zero-order chi connectivity index (χ0) is 53.4. The van der Waals surface area contributed by atoms with Gasteiger partial charge in [-0.25, -0.2) is 19.2 Å². The molecular formula is C66H80O10. The van der Waals surface area contributed by atoms with Crippen LogP contribution in [0.15, 0.2) is 133 Å². The van der Waals surface area contributed by atoms with E-state index in [1.54, 1.807) is 60.7 Å². The minimum atomic E-state index is -0.715. The molecule has 0 radical (unpaired) electrons. The SMILES string of the molecule is CCCCCCCCCCCCCCOc1ccc(C(=O)Oc2ccc(C(=O)Oc3cc4ccccc4cc3OC(=O)c3ccc(OC(=O)c4ccc(OCCCCCCCCCCCCCC)cc4)cc3)cc2)cc1. The van der Waals surface area contributed by atoms with Crippen molar-refractivity contribution in [3.8, 4) is 34.5 Å². The molecule has 0 fully saturated rings. The molecule has 6 rings (SSSR count). The van der Waals surface area contributed by atoms with Crippen molar-refractivity contribution in [3.63, 3.8) is 0 Å². The fourth-order valence-corrected chi connectivity index (χ4v) is 8.97. The summed E-state index contributed by atoms with van der Waals surface area (Å²) in [5.74, 6) is -0.585. The average molecular weight is 1030 g/mol. The Morgan fingerprint density at radius 2 is 0.539 bits per heavy atom. The molecule has 10 heteroatoms. The van der Waals surface area contributed by atoms with E-state index < -0.39 is 23.9 Å². The Morgan fingerprint density at radius 3 is 0.829 bits per heavy atom. The third-order valence-electron chi connectivity index (χ3n) is 13.5. The molecule has 10 nitrogen and oxygen atoms in total. The maximum atomic E-state index is 13.5. The fraction of sp³-hybridized carbons (Fsp3) is 0.424. The van der Waals surface area contributed by atoms with Crippen molar-refractivity contribution < 1.29 is 47.6 Å². The molecular weight excluding hydrogens is 953 g/mol. The second kappa shape index (κ2) is 33.9. The molecule has 6 aromatic rings. The maximum Gasteiger partial charge on any atom is 0.343 e. The summed E-state index contributed by atoms with van der Waals surface area (Å²) in [6.07, 6.45) is 30.8. The van der Waals surface area contributed by atoms with E-state index in [0.29, 0.717) is 35.8 Å². The quantitative estimate of drug-likeness (QED) is 0.0213. The first-order valence-electron chi connectivity index (χ1n) is 28.4. The highest BCUT2D eigenvalue weighted by Gasteiger charge is 2.19. The molecule has 0 heterocycles. The number of carbonyl (C=O) groups is 4. The standard InChI is InChI=1S/C66H80O10/c1-3-5-7-9-11-13-15-17-19-21-23-27-47-71-57-39-31-51(32-40-57)63(67)73-59-43-35-53(36-44-59)65(69)75-61-49-55-29-25-26-30-56(55)50-62(61)76-66(70)54-37-45-60(46-38-54)74-64(68)52-33-41-58(42-34-52)72-48-28-24-22-20-18-16-14-12-10-8-6-4-2/h25-26,29-46,49-50H,3-24,27-28,47-48H2,1-2H3. The van der Waals surface area contributed by atoms with Crippen LogP contribution in [0.3, 0.4) is 0 Å². The summed E-state index contributed by atoms with van der Waals surface area (Å²) in [7, 11) is 0. The van der Waals surface area contributed by atoms with Crippen LogP contribution in [0.2, 0.25) is 0 Å². The van der Waals surface area contributed by atoms with Gasteiger partial charge in [-0.3, -0.25) is 0 Å². The van der Waals surface area contributed by atoms with Crippen molar-refractivity contribution in [1.29, 1.82) is 0 Å². The lowest BCUT2D eigenvalue weighted by atomic mass is 10.1. The molecule has 0 aliphatic heterocycles. The smallest absolute Gasteiger partial charge is 0.343 e. The van der Waals surface area contributed by atoms with Gasteiger partial charge in [-0.05, 0) is 133 Å². The molecule has 6 aromatic carbocycles. The lowest BCUT2D eigenvalue weighted by molar-refractivity contribution is 0.0682. The second-order valence-electron chi connectivity index (χ2n) is 19.8. The molecule has 0 N–H and O–H groups in total. The zero-order valence-electron chi connectivity index (χ0n) is 45.2. The third kappa shape index (κ3) is 21.0. The van der Waals surface area contributed by atoms with Gasteiger partial charge in [0.25, 0.3) is 0 Å². The predicted molar refractivity (Wildman–Crippen MR) is 303 cm³/mol. The number of esters is 4. The lowest BCUT2D eigenvalue weighted by Gasteiger charge is -2.13. The summed E-state index contributed by atoms with van der Waals surface area (Å²) in [6.45, 7) is 5.78. The highest BCUT2D eigenvalue weighted by Crippen LogP contribution is 2.34. The minimum Gasteiger partial charge on any atom is -0.494 e. The highest BCUT2D eigenvalue weighted by molar-refractivity contribution is 5.96. The monoisotopic (exact) mass is 1030 g/mol. The number of hydrogen-bond donors (Lipinski definition) is 0. The van der Waals surface area contributed by atoms with Crippen LogP contribution in [-0.4, -0.2) is 37.1 Å². The Balaban J connectivity index is 0.911. The van der Waals surface area contributed by atoms with E-state index in [9.17, 15) is 19.2 Å². The van der Waals surface area contributed by atoms with Gasteiger partial charge in [-0.15, -0.1) is 0 Å². The molecule has 404 valence electrons. The van der Waals surface area contributed by atoms with Crippen molar-refractivity contribution in [1.82, 2.24) is 0 Å². The molecule has 0 amide bonds. The van der Waals surface area contributed by atoms with Crippen LogP contribution >= 0.6 is 0 Å². The fourth-order valence-electron chi connectivity index (χ4n) is 8.97. The van der Waals surface area contributed by atoms with Crippen molar-refractivity contribution in [3.05, 3.63) is 156 Å². The van der Waals surface area contributed by atoms with Gasteiger partial charge >= 0.3 is 23.9 Å². The van der Waals surface area contributed by atoms with E-state index in [2.05, 4.69) is 13.8 Å². The van der Waals surface area contributed by atoms with E-state index in [1.165, 1.54) is 177 Å². The minimum absolute atomic E-state index is 0.0281. The molecule has 0 aliphatic rings. The molecule has 0 aromatic heterocycles. The van der Waals surface area contributed by atoms with Gasteiger partial charge in [0.1, 0.15) is 23.0 Å².